The van der Waals surface area contributed by atoms with E-state index in [1.165, 1.54) is 11.1 Å². The molecular weight excluding hydrogens is 508 g/mol. The van der Waals surface area contributed by atoms with Crippen molar-refractivity contribution in [1.82, 2.24) is 20.1 Å². The number of rotatable bonds is 12. The first-order chi connectivity index (χ1) is 17.7. The number of thiophene rings is 2. The lowest BCUT2D eigenvalue weighted by atomic mass is 9.98. The second kappa shape index (κ2) is 13.3. The number of pyridine rings is 1. The topological polar surface area (TPSA) is 103 Å². The Hall–Kier alpha value is -3.24. The van der Waals surface area contributed by atoms with E-state index in [9.17, 15) is 19.5 Å². The number of carbonyl (C=O) groups excluding carboxylic acids is 2. The number of carbonyl (C=O) groups is 3. The Balaban J connectivity index is 1.73. The molecule has 1 atom stereocenters. The van der Waals surface area contributed by atoms with Gasteiger partial charge in [0.15, 0.2) is 0 Å². The van der Waals surface area contributed by atoms with Crippen LogP contribution < -0.4 is 5.32 Å². The average Bonchev–Trinajstić information content (AvgIpc) is 3.56. The highest BCUT2D eigenvalue weighted by Crippen LogP contribution is 2.25. The van der Waals surface area contributed by atoms with Gasteiger partial charge < -0.3 is 15.3 Å². The number of hydrogen-bond donors (Lipinski definition) is 2. The predicted octanol–water partition coefficient (Wildman–Crippen LogP) is 5.48. The molecule has 0 aromatic carbocycles. The molecule has 0 aliphatic rings. The molecule has 0 aliphatic carbocycles. The molecule has 10 heteroatoms. The third kappa shape index (κ3) is 8.40. The fourth-order valence-electron chi connectivity index (χ4n) is 4.12. The summed E-state index contributed by atoms with van der Waals surface area (Å²) in [6.07, 6.45) is 3.55. The molecule has 198 valence electrons. The molecule has 0 saturated heterocycles. The molecule has 0 fully saturated rings. The van der Waals surface area contributed by atoms with Crippen molar-refractivity contribution < 1.29 is 19.5 Å². The molecule has 0 unspecified atom stereocenters. The molecule has 3 rings (SSSR count). The maximum absolute atomic E-state index is 14.0. The SMILES string of the molecule is CC(C)(C)N(C(=O)O)[C@@H](CCCCNC(=O)c1cccnc1)C(=O)N(Cc1cccs1)Cc1cccs1. The van der Waals surface area contributed by atoms with Crippen molar-refractivity contribution in [1.29, 1.82) is 0 Å². The van der Waals surface area contributed by atoms with Crippen molar-refractivity contribution in [3.05, 3.63) is 74.9 Å². The van der Waals surface area contributed by atoms with Crippen LogP contribution in [0.3, 0.4) is 0 Å². The van der Waals surface area contributed by atoms with Gasteiger partial charge >= 0.3 is 6.09 Å². The van der Waals surface area contributed by atoms with Crippen molar-refractivity contribution in [2.24, 2.45) is 0 Å². The van der Waals surface area contributed by atoms with E-state index in [2.05, 4.69) is 10.3 Å². The molecule has 0 saturated carbocycles. The molecule has 3 heterocycles. The Labute approximate surface area is 226 Å². The maximum Gasteiger partial charge on any atom is 0.408 e. The van der Waals surface area contributed by atoms with Crippen molar-refractivity contribution >= 4 is 40.6 Å². The van der Waals surface area contributed by atoms with Gasteiger partial charge in [0.25, 0.3) is 5.91 Å². The summed E-state index contributed by atoms with van der Waals surface area (Å²) in [7, 11) is 0. The highest BCUT2D eigenvalue weighted by atomic mass is 32.1. The molecular formula is C27H34N4O4S2. The first-order valence-electron chi connectivity index (χ1n) is 12.2. The smallest absolute Gasteiger partial charge is 0.408 e. The Kier molecular flexibility index (Phi) is 10.2. The number of carboxylic acid groups (broad SMARTS) is 1. The van der Waals surface area contributed by atoms with Crippen LogP contribution in [0.1, 0.15) is 60.1 Å². The molecule has 3 aromatic heterocycles. The summed E-state index contributed by atoms with van der Waals surface area (Å²) in [6, 6.07) is 10.4. The normalized spacial score (nSPS) is 12.1. The number of amides is 3. The monoisotopic (exact) mass is 542 g/mol. The highest BCUT2D eigenvalue weighted by molar-refractivity contribution is 7.10. The Morgan fingerprint density at radius 3 is 2.14 bits per heavy atom. The predicted molar refractivity (Wildman–Crippen MR) is 147 cm³/mol. The van der Waals surface area contributed by atoms with E-state index in [4.69, 9.17) is 0 Å². The number of aromatic nitrogens is 1. The lowest BCUT2D eigenvalue weighted by Crippen LogP contribution is -2.57. The van der Waals surface area contributed by atoms with Gasteiger partial charge in [-0.25, -0.2) is 4.79 Å². The van der Waals surface area contributed by atoms with Gasteiger partial charge in [-0.3, -0.25) is 19.5 Å². The van der Waals surface area contributed by atoms with Crippen LogP contribution in [-0.2, 0) is 17.9 Å². The second-order valence-corrected chi connectivity index (χ2v) is 11.8. The minimum atomic E-state index is -1.12. The third-order valence-corrected chi connectivity index (χ3v) is 7.53. The fraction of sp³-hybridized carbons (Fsp3) is 0.407. The van der Waals surface area contributed by atoms with E-state index in [1.54, 1.807) is 66.7 Å². The molecule has 0 spiro atoms. The Bertz CT molecular complexity index is 1090. The lowest BCUT2D eigenvalue weighted by Gasteiger charge is -2.40. The zero-order chi connectivity index (χ0) is 26.8. The van der Waals surface area contributed by atoms with Crippen LogP contribution in [0.2, 0.25) is 0 Å². The van der Waals surface area contributed by atoms with E-state index in [1.807, 2.05) is 35.0 Å². The average molecular weight is 543 g/mol. The number of nitrogens with one attached hydrogen (secondary N) is 1. The Morgan fingerprint density at radius 1 is 1.00 bits per heavy atom. The number of unbranched alkanes of at least 4 members (excludes halogenated alkanes) is 1. The summed E-state index contributed by atoms with van der Waals surface area (Å²) in [5.74, 6) is -0.417. The minimum Gasteiger partial charge on any atom is -0.465 e. The van der Waals surface area contributed by atoms with E-state index >= 15 is 0 Å². The molecule has 0 radical (unpaired) electrons. The minimum absolute atomic E-state index is 0.208. The first-order valence-corrected chi connectivity index (χ1v) is 14.0. The number of nitrogens with zero attached hydrogens (tertiary/aromatic N) is 3. The number of hydrogen-bond acceptors (Lipinski definition) is 6. The van der Waals surface area contributed by atoms with Crippen LogP contribution in [0.4, 0.5) is 4.79 Å². The summed E-state index contributed by atoms with van der Waals surface area (Å²) in [6.45, 7) is 6.67. The van der Waals surface area contributed by atoms with Crippen molar-refractivity contribution in [3.63, 3.8) is 0 Å². The van der Waals surface area contributed by atoms with Gasteiger partial charge in [-0.2, -0.15) is 0 Å². The van der Waals surface area contributed by atoms with E-state index in [0.29, 0.717) is 44.5 Å². The van der Waals surface area contributed by atoms with Crippen molar-refractivity contribution in [3.8, 4) is 0 Å². The van der Waals surface area contributed by atoms with Gasteiger partial charge in [-0.15, -0.1) is 22.7 Å². The molecule has 0 bridgehead atoms. The summed E-state index contributed by atoms with van der Waals surface area (Å²) >= 11 is 3.15. The summed E-state index contributed by atoms with van der Waals surface area (Å²) in [4.78, 5) is 47.7. The van der Waals surface area contributed by atoms with E-state index in [0.717, 1.165) is 9.75 Å². The van der Waals surface area contributed by atoms with Crippen LogP contribution in [0.5, 0.6) is 0 Å². The van der Waals surface area contributed by atoms with E-state index < -0.39 is 17.7 Å². The van der Waals surface area contributed by atoms with Crippen LogP contribution in [0.25, 0.3) is 0 Å². The molecule has 3 aromatic rings. The van der Waals surface area contributed by atoms with Crippen LogP contribution in [0, 0.1) is 0 Å². The molecule has 2 N–H and O–H groups in total. The molecule has 37 heavy (non-hydrogen) atoms. The van der Waals surface area contributed by atoms with Crippen LogP contribution in [-0.4, -0.2) is 55.9 Å². The second-order valence-electron chi connectivity index (χ2n) is 9.69. The zero-order valence-electron chi connectivity index (χ0n) is 21.4. The van der Waals surface area contributed by atoms with Gasteiger partial charge in [0.2, 0.25) is 5.91 Å². The van der Waals surface area contributed by atoms with Crippen molar-refractivity contribution in [2.45, 2.75) is 64.7 Å². The summed E-state index contributed by atoms with van der Waals surface area (Å²) < 4.78 is 0. The quantitative estimate of drug-likeness (QED) is 0.295. The van der Waals surface area contributed by atoms with Crippen molar-refractivity contribution in [2.75, 3.05) is 6.54 Å². The maximum atomic E-state index is 14.0. The molecule has 0 aliphatic heterocycles. The fourth-order valence-corrected chi connectivity index (χ4v) is 5.56. The van der Waals surface area contributed by atoms with Crippen LogP contribution in [0.15, 0.2) is 59.6 Å². The van der Waals surface area contributed by atoms with Gasteiger partial charge in [0.1, 0.15) is 6.04 Å². The van der Waals surface area contributed by atoms with Gasteiger partial charge in [0.05, 0.1) is 18.7 Å². The largest absolute Gasteiger partial charge is 0.465 e. The zero-order valence-corrected chi connectivity index (χ0v) is 23.1. The molecule has 8 nitrogen and oxygen atoms in total. The first kappa shape index (κ1) is 28.3. The standard InChI is InChI=1S/C27H34N4O4S2/c1-27(2,3)31(26(34)35)23(12-4-5-14-29-24(32)20-9-6-13-28-17-20)25(33)30(18-21-10-7-15-36-21)19-22-11-8-16-37-22/h6-11,13,15-17,23H,4-5,12,14,18-19H2,1-3H3,(H,29,32)(H,34,35)/t23-/m0/s1. The summed E-state index contributed by atoms with van der Waals surface area (Å²) in [5.41, 5.74) is -0.281. The third-order valence-electron chi connectivity index (χ3n) is 5.80. The van der Waals surface area contributed by atoms with Gasteiger partial charge in [-0.05, 0) is 75.1 Å². The van der Waals surface area contributed by atoms with E-state index in [-0.39, 0.29) is 11.8 Å². The summed E-state index contributed by atoms with van der Waals surface area (Å²) in [5, 5.41) is 16.9. The van der Waals surface area contributed by atoms with Gasteiger partial charge in [-0.1, -0.05) is 12.1 Å². The van der Waals surface area contributed by atoms with Gasteiger partial charge in [0, 0.05) is 34.2 Å². The lowest BCUT2D eigenvalue weighted by molar-refractivity contribution is -0.139. The molecule has 3 amide bonds. The Morgan fingerprint density at radius 2 is 1.65 bits per heavy atom. The van der Waals surface area contributed by atoms with Crippen LogP contribution >= 0.6 is 22.7 Å². The highest BCUT2D eigenvalue weighted by Gasteiger charge is 2.39.